The minimum absolute atomic E-state index is 0.0522. The van der Waals surface area contributed by atoms with E-state index in [2.05, 4.69) is 16.0 Å². The number of rotatable bonds is 7. The second-order valence-corrected chi connectivity index (χ2v) is 7.86. The first-order valence-corrected chi connectivity index (χ1v) is 10.7. The van der Waals surface area contributed by atoms with Crippen molar-refractivity contribution in [3.63, 3.8) is 0 Å². The lowest BCUT2D eigenvalue weighted by Crippen LogP contribution is -2.52. The fourth-order valence-corrected chi connectivity index (χ4v) is 3.67. The van der Waals surface area contributed by atoms with Crippen LogP contribution in [0.15, 0.2) is 48.5 Å². The highest BCUT2D eigenvalue weighted by molar-refractivity contribution is 5.94. The van der Waals surface area contributed by atoms with Crippen molar-refractivity contribution in [2.75, 3.05) is 18.5 Å². The molecule has 34 heavy (non-hydrogen) atoms. The molecule has 1 saturated heterocycles. The molecule has 1 aliphatic rings. The van der Waals surface area contributed by atoms with Gasteiger partial charge in [-0.2, -0.15) is 13.2 Å². The summed E-state index contributed by atoms with van der Waals surface area (Å²) in [5, 5.41) is 17.4. The first-order valence-electron chi connectivity index (χ1n) is 10.7. The van der Waals surface area contributed by atoms with Gasteiger partial charge in [-0.15, -0.1) is 0 Å². The number of nitrogens with one attached hydrogen (secondary N) is 3. The van der Waals surface area contributed by atoms with Crippen LogP contribution in [0.1, 0.15) is 35.2 Å². The van der Waals surface area contributed by atoms with Crippen molar-refractivity contribution in [1.29, 1.82) is 0 Å². The number of benzene rings is 2. The molecular weight excluding hydrogens is 458 g/mol. The molecule has 7 nitrogen and oxygen atoms in total. The minimum Gasteiger partial charge on any atom is -0.394 e. The Balaban J connectivity index is 1.44. The topological polar surface area (TPSA) is 99.7 Å². The molecule has 3 rings (SSSR count). The fraction of sp³-hybridized carbons (Fsp3) is 0.391. The van der Waals surface area contributed by atoms with Gasteiger partial charge in [-0.05, 0) is 55.7 Å². The lowest BCUT2D eigenvalue weighted by Gasteiger charge is -2.36. The number of halogens is 4. The molecule has 3 amide bonds. The summed E-state index contributed by atoms with van der Waals surface area (Å²) in [5.74, 6) is -1.15. The summed E-state index contributed by atoms with van der Waals surface area (Å²) in [6.45, 7) is -0.119. The number of anilines is 1. The van der Waals surface area contributed by atoms with Crippen LogP contribution in [0.4, 0.5) is 28.0 Å². The van der Waals surface area contributed by atoms with E-state index in [-0.39, 0.29) is 30.5 Å². The molecule has 0 spiro atoms. The van der Waals surface area contributed by atoms with Crippen molar-refractivity contribution >= 4 is 17.6 Å². The molecule has 1 heterocycles. The Hall–Kier alpha value is -3.18. The summed E-state index contributed by atoms with van der Waals surface area (Å²) in [6, 6.07) is 8.52. The molecule has 11 heteroatoms. The summed E-state index contributed by atoms with van der Waals surface area (Å²) in [5.41, 5.74) is -0.689. The predicted molar refractivity (Wildman–Crippen MR) is 116 cm³/mol. The highest BCUT2D eigenvalue weighted by atomic mass is 19.4. The molecule has 1 aliphatic heterocycles. The number of amides is 3. The zero-order chi connectivity index (χ0) is 24.7. The van der Waals surface area contributed by atoms with Crippen molar-refractivity contribution in [2.45, 2.75) is 43.7 Å². The van der Waals surface area contributed by atoms with Crippen molar-refractivity contribution in [3.05, 3.63) is 65.5 Å². The maximum absolute atomic E-state index is 13.7. The van der Waals surface area contributed by atoms with E-state index >= 15 is 0 Å². The summed E-state index contributed by atoms with van der Waals surface area (Å²) in [6.07, 6.45) is -3.99. The number of ether oxygens (including phenoxy) is 1. The molecule has 2 aromatic rings. The molecule has 3 atom stereocenters. The Morgan fingerprint density at radius 2 is 1.76 bits per heavy atom. The highest BCUT2D eigenvalue weighted by Crippen LogP contribution is 2.30. The second kappa shape index (κ2) is 11.3. The van der Waals surface area contributed by atoms with Crippen LogP contribution in [-0.4, -0.2) is 48.4 Å². The molecule has 184 valence electrons. The number of aliphatic hydroxyl groups is 1. The van der Waals surface area contributed by atoms with Crippen molar-refractivity contribution in [1.82, 2.24) is 10.6 Å². The third-order valence-electron chi connectivity index (χ3n) is 5.45. The molecule has 4 N–H and O–H groups in total. The molecule has 0 aliphatic carbocycles. The number of hydrogen-bond acceptors (Lipinski definition) is 4. The molecule has 1 fully saturated rings. The Morgan fingerprint density at radius 3 is 2.41 bits per heavy atom. The largest absolute Gasteiger partial charge is 0.416 e. The van der Waals surface area contributed by atoms with Gasteiger partial charge in [-0.3, -0.25) is 4.79 Å². The van der Waals surface area contributed by atoms with Gasteiger partial charge in [0.25, 0.3) is 5.91 Å². The van der Waals surface area contributed by atoms with Gasteiger partial charge in [0.1, 0.15) is 11.9 Å². The number of carbonyl (C=O) groups is 2. The first-order chi connectivity index (χ1) is 16.2. The van der Waals surface area contributed by atoms with Gasteiger partial charge in [0.05, 0.1) is 29.9 Å². The van der Waals surface area contributed by atoms with Crippen LogP contribution < -0.4 is 16.0 Å². The lowest BCUT2D eigenvalue weighted by atomic mass is 9.97. The normalized spacial score (nSPS) is 20.4. The van der Waals surface area contributed by atoms with E-state index in [0.717, 1.165) is 24.3 Å². The Bertz CT molecular complexity index is 985. The summed E-state index contributed by atoms with van der Waals surface area (Å²) >= 11 is 0. The molecule has 0 unspecified atom stereocenters. The van der Waals surface area contributed by atoms with Crippen LogP contribution in [0.3, 0.4) is 0 Å². The van der Waals surface area contributed by atoms with Crippen molar-refractivity contribution in [2.24, 2.45) is 0 Å². The molecule has 0 radical (unpaired) electrons. The van der Waals surface area contributed by atoms with Gasteiger partial charge in [0.15, 0.2) is 0 Å². The smallest absolute Gasteiger partial charge is 0.394 e. The molecule has 0 bridgehead atoms. The highest BCUT2D eigenvalue weighted by Gasteiger charge is 2.32. The average molecular weight is 483 g/mol. The van der Waals surface area contributed by atoms with Gasteiger partial charge in [-0.25, -0.2) is 9.18 Å². The number of aliphatic hydroxyl groups excluding tert-OH is 1. The van der Waals surface area contributed by atoms with E-state index in [4.69, 9.17) is 4.74 Å². The molecule has 2 aromatic carbocycles. The van der Waals surface area contributed by atoms with Crippen LogP contribution in [0, 0.1) is 5.82 Å². The van der Waals surface area contributed by atoms with Gasteiger partial charge in [0, 0.05) is 12.2 Å². The molecule has 0 saturated carbocycles. The standard InChI is InChI=1S/C23H25F4N3O4/c24-18-4-2-1-3-17(18)21(32)28-12-11-16-9-10-19(20(13-31)34-16)30-22(33)29-15-7-5-14(6-8-15)23(25,26)27/h1-8,16,19-20,31H,9-13H2,(H,28,32)(H2,29,30,33)/t16-,19+,20+/m0/s1. The van der Waals surface area contributed by atoms with Crippen LogP contribution in [0.25, 0.3) is 0 Å². The third-order valence-corrected chi connectivity index (χ3v) is 5.45. The summed E-state index contributed by atoms with van der Waals surface area (Å²) in [7, 11) is 0. The second-order valence-electron chi connectivity index (χ2n) is 7.86. The predicted octanol–water partition coefficient (Wildman–Crippen LogP) is 3.69. The van der Waals surface area contributed by atoms with E-state index in [1.54, 1.807) is 6.07 Å². The number of alkyl halides is 3. The summed E-state index contributed by atoms with van der Waals surface area (Å²) < 4.78 is 57.4. The Labute approximate surface area is 193 Å². The van der Waals surface area contributed by atoms with Gasteiger partial charge < -0.3 is 25.8 Å². The van der Waals surface area contributed by atoms with Crippen molar-refractivity contribution in [3.8, 4) is 0 Å². The lowest BCUT2D eigenvalue weighted by molar-refractivity contribution is -0.137. The van der Waals surface area contributed by atoms with Gasteiger partial charge >= 0.3 is 12.2 Å². The SMILES string of the molecule is O=C(Nc1ccc(C(F)(F)F)cc1)N[C@@H]1CC[C@@H](CCNC(=O)c2ccccc2F)O[C@@H]1CO. The van der Waals surface area contributed by atoms with E-state index in [0.29, 0.717) is 19.3 Å². The van der Waals surface area contributed by atoms with Crippen LogP contribution in [-0.2, 0) is 10.9 Å². The maximum Gasteiger partial charge on any atom is 0.416 e. The van der Waals surface area contributed by atoms with E-state index < -0.39 is 41.6 Å². The Kier molecular flexibility index (Phi) is 8.46. The molecule has 0 aromatic heterocycles. The quantitative estimate of drug-likeness (QED) is 0.452. The van der Waals surface area contributed by atoms with Gasteiger partial charge in [-0.1, -0.05) is 12.1 Å². The number of hydrogen-bond donors (Lipinski definition) is 4. The first kappa shape index (κ1) is 25.4. The average Bonchev–Trinajstić information content (AvgIpc) is 2.80. The van der Waals surface area contributed by atoms with E-state index in [1.165, 1.54) is 18.2 Å². The van der Waals surface area contributed by atoms with Crippen LogP contribution in [0.5, 0.6) is 0 Å². The maximum atomic E-state index is 13.7. The van der Waals surface area contributed by atoms with E-state index in [9.17, 15) is 32.3 Å². The number of urea groups is 1. The monoisotopic (exact) mass is 483 g/mol. The van der Waals surface area contributed by atoms with Crippen molar-refractivity contribution < 1.29 is 37.0 Å². The summed E-state index contributed by atoms with van der Waals surface area (Å²) in [4.78, 5) is 24.3. The molecular formula is C23H25F4N3O4. The zero-order valence-corrected chi connectivity index (χ0v) is 18.1. The zero-order valence-electron chi connectivity index (χ0n) is 18.1. The van der Waals surface area contributed by atoms with Crippen LogP contribution in [0.2, 0.25) is 0 Å². The van der Waals surface area contributed by atoms with Gasteiger partial charge in [0.2, 0.25) is 0 Å². The van der Waals surface area contributed by atoms with Crippen LogP contribution >= 0.6 is 0 Å². The third kappa shape index (κ3) is 6.91. The van der Waals surface area contributed by atoms with E-state index in [1.807, 2.05) is 0 Å². The fourth-order valence-electron chi connectivity index (χ4n) is 3.67. The minimum atomic E-state index is -4.47. The Morgan fingerprint density at radius 1 is 1.06 bits per heavy atom. The number of carbonyl (C=O) groups excluding carboxylic acids is 2.